The van der Waals surface area contributed by atoms with Crippen LogP contribution in [0.2, 0.25) is 0 Å². The molecule has 3 aromatic rings. The van der Waals surface area contributed by atoms with E-state index in [-0.39, 0.29) is 35.8 Å². The van der Waals surface area contributed by atoms with Gasteiger partial charge < -0.3 is 10.4 Å². The van der Waals surface area contributed by atoms with Gasteiger partial charge in [-0.2, -0.15) is 4.31 Å². The Morgan fingerprint density at radius 2 is 1.69 bits per heavy atom. The van der Waals surface area contributed by atoms with E-state index in [2.05, 4.69) is 5.32 Å². The summed E-state index contributed by atoms with van der Waals surface area (Å²) in [5.41, 5.74) is 2.94. The summed E-state index contributed by atoms with van der Waals surface area (Å²) in [5, 5.41) is 13.3. The maximum Gasteiger partial charge on any atom is 0.243 e. The number of aliphatic hydroxyl groups is 1. The third-order valence-corrected chi connectivity index (χ3v) is 8.26. The Hall–Kier alpha value is -2.81. The molecule has 166 valence electrons. The van der Waals surface area contributed by atoms with Crippen LogP contribution in [-0.4, -0.2) is 37.0 Å². The highest BCUT2D eigenvalue weighted by molar-refractivity contribution is 7.89. The first-order valence-electron chi connectivity index (χ1n) is 10.4. The van der Waals surface area contributed by atoms with E-state index in [1.54, 1.807) is 12.1 Å². The normalized spacial score (nSPS) is 22.8. The van der Waals surface area contributed by atoms with E-state index in [4.69, 9.17) is 0 Å². The molecule has 0 radical (unpaired) electrons. The van der Waals surface area contributed by atoms with Crippen LogP contribution in [0.25, 0.3) is 11.1 Å². The van der Waals surface area contributed by atoms with Crippen molar-refractivity contribution in [2.24, 2.45) is 5.92 Å². The van der Waals surface area contributed by atoms with Gasteiger partial charge in [0.05, 0.1) is 23.6 Å². The number of aliphatic hydroxyl groups excluding tert-OH is 1. The topological polar surface area (TPSA) is 69.6 Å². The number of benzene rings is 3. The molecular formula is C24H22F2N2O3S. The second-order valence-electron chi connectivity index (χ2n) is 8.22. The minimum absolute atomic E-state index is 0.0972. The number of fused-ring (bicyclic) bond motifs is 3. The largest absolute Gasteiger partial charge is 0.394 e. The zero-order valence-electron chi connectivity index (χ0n) is 17.1. The molecule has 2 N–H and O–H groups in total. The summed E-state index contributed by atoms with van der Waals surface area (Å²) in [6, 6.07) is 16.0. The second-order valence-corrected chi connectivity index (χ2v) is 10.1. The van der Waals surface area contributed by atoms with E-state index >= 15 is 0 Å². The smallest absolute Gasteiger partial charge is 0.243 e. The zero-order chi connectivity index (χ0) is 22.5. The van der Waals surface area contributed by atoms with Crippen molar-refractivity contribution in [3.05, 3.63) is 83.9 Å². The first-order valence-corrected chi connectivity index (χ1v) is 11.9. The van der Waals surface area contributed by atoms with Crippen LogP contribution < -0.4 is 5.32 Å². The number of anilines is 1. The molecule has 1 saturated heterocycles. The van der Waals surface area contributed by atoms with Crippen molar-refractivity contribution in [2.75, 3.05) is 18.5 Å². The van der Waals surface area contributed by atoms with Gasteiger partial charge in [-0.15, -0.1) is 0 Å². The van der Waals surface area contributed by atoms with Gasteiger partial charge in [-0.05, 0) is 65.6 Å². The molecule has 0 saturated carbocycles. The summed E-state index contributed by atoms with van der Waals surface area (Å²) in [7, 11) is -3.97. The molecule has 2 aliphatic heterocycles. The number of nitrogens with zero attached hydrogens (tertiary/aromatic N) is 1. The molecule has 3 atom stereocenters. The molecule has 0 amide bonds. The lowest BCUT2D eigenvalue weighted by Crippen LogP contribution is -2.42. The van der Waals surface area contributed by atoms with Crippen molar-refractivity contribution < 1.29 is 22.3 Å². The number of rotatable bonds is 4. The average molecular weight is 457 g/mol. The molecule has 1 fully saturated rings. The molecule has 2 aliphatic rings. The van der Waals surface area contributed by atoms with Crippen molar-refractivity contribution in [1.29, 1.82) is 0 Å². The summed E-state index contributed by atoms with van der Waals surface area (Å²) in [5.74, 6) is -1.12. The summed E-state index contributed by atoms with van der Waals surface area (Å²) < 4.78 is 55.9. The summed E-state index contributed by atoms with van der Waals surface area (Å²) in [4.78, 5) is -0.0972. The molecule has 0 bridgehead atoms. The van der Waals surface area contributed by atoms with Gasteiger partial charge in [0.15, 0.2) is 0 Å². The SMILES string of the molecule is O=S(=O)(c1cccc(F)c1)N1CC[C@H]2[C@H](CO)Nc3ccc(-c4cccc(F)c4)cc3[C@H]21. The van der Waals surface area contributed by atoms with Gasteiger partial charge in [0.25, 0.3) is 0 Å². The fraction of sp³-hybridized carbons (Fsp3) is 0.250. The zero-order valence-corrected chi connectivity index (χ0v) is 17.9. The minimum atomic E-state index is -3.97. The van der Waals surface area contributed by atoms with E-state index in [9.17, 15) is 22.3 Å². The number of hydrogen-bond donors (Lipinski definition) is 2. The van der Waals surface area contributed by atoms with Crippen LogP contribution in [0.1, 0.15) is 18.0 Å². The Labute approximate surface area is 185 Å². The lowest BCUT2D eigenvalue weighted by Gasteiger charge is -2.39. The van der Waals surface area contributed by atoms with E-state index in [1.165, 1.54) is 34.6 Å². The van der Waals surface area contributed by atoms with Gasteiger partial charge in [-0.3, -0.25) is 0 Å². The predicted molar refractivity (Wildman–Crippen MR) is 117 cm³/mol. The van der Waals surface area contributed by atoms with Crippen molar-refractivity contribution in [1.82, 2.24) is 4.31 Å². The first kappa shape index (κ1) is 21.1. The highest BCUT2D eigenvalue weighted by atomic mass is 32.2. The fourth-order valence-electron chi connectivity index (χ4n) is 4.90. The molecule has 5 nitrogen and oxygen atoms in total. The van der Waals surface area contributed by atoms with Gasteiger partial charge >= 0.3 is 0 Å². The van der Waals surface area contributed by atoms with Crippen molar-refractivity contribution in [3.8, 4) is 11.1 Å². The van der Waals surface area contributed by atoms with E-state index in [0.717, 1.165) is 22.9 Å². The molecule has 5 rings (SSSR count). The average Bonchev–Trinajstić information content (AvgIpc) is 3.25. The number of nitrogens with one attached hydrogen (secondary N) is 1. The molecule has 2 heterocycles. The maximum absolute atomic E-state index is 13.8. The number of hydrogen-bond acceptors (Lipinski definition) is 4. The predicted octanol–water partition coefficient (Wildman–Crippen LogP) is 4.17. The third-order valence-electron chi connectivity index (χ3n) is 6.38. The third kappa shape index (κ3) is 3.48. The lowest BCUT2D eigenvalue weighted by atomic mass is 9.82. The Bertz CT molecular complexity index is 1280. The second kappa shape index (κ2) is 7.95. The maximum atomic E-state index is 13.8. The van der Waals surface area contributed by atoms with Gasteiger partial charge in [0.2, 0.25) is 10.0 Å². The Kier molecular flexibility index (Phi) is 5.23. The molecule has 8 heteroatoms. The Balaban J connectivity index is 1.62. The van der Waals surface area contributed by atoms with Gasteiger partial charge in [0, 0.05) is 18.2 Å². The summed E-state index contributed by atoms with van der Waals surface area (Å²) >= 11 is 0. The first-order chi connectivity index (χ1) is 15.4. The van der Waals surface area contributed by atoms with Crippen molar-refractivity contribution >= 4 is 15.7 Å². The molecule has 0 spiro atoms. The van der Waals surface area contributed by atoms with Crippen molar-refractivity contribution in [3.63, 3.8) is 0 Å². The van der Waals surface area contributed by atoms with Gasteiger partial charge in [-0.25, -0.2) is 17.2 Å². The van der Waals surface area contributed by atoms with E-state index in [0.29, 0.717) is 12.0 Å². The van der Waals surface area contributed by atoms with Gasteiger partial charge in [0.1, 0.15) is 11.6 Å². The van der Waals surface area contributed by atoms with Crippen LogP contribution in [0.5, 0.6) is 0 Å². The summed E-state index contributed by atoms with van der Waals surface area (Å²) in [6.45, 7) is 0.121. The van der Waals surface area contributed by atoms with Crippen LogP contribution in [0.4, 0.5) is 14.5 Å². The Morgan fingerprint density at radius 1 is 0.969 bits per heavy atom. The Morgan fingerprint density at radius 3 is 2.41 bits per heavy atom. The highest BCUT2D eigenvalue weighted by Gasteiger charge is 2.48. The fourth-order valence-corrected chi connectivity index (χ4v) is 6.60. The number of sulfonamides is 1. The van der Waals surface area contributed by atoms with Gasteiger partial charge in [-0.1, -0.05) is 24.3 Å². The van der Waals surface area contributed by atoms with E-state index < -0.39 is 21.9 Å². The minimum Gasteiger partial charge on any atom is -0.394 e. The molecule has 32 heavy (non-hydrogen) atoms. The summed E-state index contributed by atoms with van der Waals surface area (Å²) in [6.07, 6.45) is 0.557. The van der Waals surface area contributed by atoms with Crippen molar-refractivity contribution in [2.45, 2.75) is 23.4 Å². The van der Waals surface area contributed by atoms with Crippen LogP contribution in [0.3, 0.4) is 0 Å². The monoisotopic (exact) mass is 456 g/mol. The lowest BCUT2D eigenvalue weighted by molar-refractivity contribution is 0.210. The highest BCUT2D eigenvalue weighted by Crippen LogP contribution is 2.49. The molecule has 3 aromatic carbocycles. The molecule has 0 aliphatic carbocycles. The standard InChI is InChI=1S/C24H22F2N2O3S/c25-17-4-1-3-15(11-17)16-7-8-22-21(12-16)24-20(23(14-29)27-22)9-10-28(24)32(30,31)19-6-2-5-18(26)13-19/h1-8,11-13,20,23-24,27,29H,9-10,14H2/t20-,23-,24-/m0/s1. The van der Waals surface area contributed by atoms with Crippen LogP contribution >= 0.6 is 0 Å². The molecular weight excluding hydrogens is 434 g/mol. The quantitative estimate of drug-likeness (QED) is 0.618. The van der Waals surface area contributed by atoms with Crippen LogP contribution in [-0.2, 0) is 10.0 Å². The number of halogens is 2. The van der Waals surface area contributed by atoms with E-state index in [1.807, 2.05) is 18.2 Å². The molecule has 0 aromatic heterocycles. The molecule has 0 unspecified atom stereocenters. The van der Waals surface area contributed by atoms with Crippen LogP contribution in [0.15, 0.2) is 71.6 Å². The van der Waals surface area contributed by atoms with Crippen LogP contribution in [0, 0.1) is 17.6 Å².